The van der Waals surface area contributed by atoms with Gasteiger partial charge in [-0.2, -0.15) is 13.2 Å². The second kappa shape index (κ2) is 4.29. The van der Waals surface area contributed by atoms with Crippen LogP contribution in [0.4, 0.5) is 23.2 Å². The predicted octanol–water partition coefficient (Wildman–Crippen LogP) is 3.49. The summed E-state index contributed by atoms with van der Waals surface area (Å²) in [6, 6.07) is 5.75. The molecule has 0 aliphatic heterocycles. The van der Waals surface area contributed by atoms with Crippen molar-refractivity contribution in [2.24, 2.45) is 0 Å². The van der Waals surface area contributed by atoms with E-state index < -0.39 is 17.6 Å². The molecule has 0 aliphatic carbocycles. The van der Waals surface area contributed by atoms with Crippen molar-refractivity contribution in [1.82, 2.24) is 4.98 Å². The van der Waals surface area contributed by atoms with Crippen LogP contribution in [0.2, 0.25) is 0 Å². The van der Waals surface area contributed by atoms with E-state index in [4.69, 9.17) is 5.73 Å². The van der Waals surface area contributed by atoms with E-state index in [0.717, 1.165) is 6.07 Å². The summed E-state index contributed by atoms with van der Waals surface area (Å²) in [7, 11) is 0. The highest BCUT2D eigenvalue weighted by Crippen LogP contribution is 2.34. The summed E-state index contributed by atoms with van der Waals surface area (Å²) >= 11 is 0. The molecule has 0 unspecified atom stereocenters. The molecule has 0 radical (unpaired) electrons. The first-order chi connectivity index (χ1) is 8.39. The standard InChI is InChI=1S/C12H8F4N2/c13-9-4-3-7(6-8(9)12(14,15)16)11-10(17)2-1-5-18-11/h1-6H,17H2. The van der Waals surface area contributed by atoms with Gasteiger partial charge in [-0.15, -0.1) is 0 Å². The smallest absolute Gasteiger partial charge is 0.397 e. The monoisotopic (exact) mass is 256 g/mol. The van der Waals surface area contributed by atoms with E-state index in [1.807, 2.05) is 0 Å². The van der Waals surface area contributed by atoms with Crippen molar-refractivity contribution in [2.45, 2.75) is 6.18 Å². The number of hydrogen-bond acceptors (Lipinski definition) is 2. The molecule has 2 aromatic rings. The van der Waals surface area contributed by atoms with Crippen LogP contribution in [0.3, 0.4) is 0 Å². The number of anilines is 1. The highest BCUT2D eigenvalue weighted by atomic mass is 19.4. The van der Waals surface area contributed by atoms with Crippen LogP contribution in [0.5, 0.6) is 0 Å². The molecule has 0 aliphatic rings. The van der Waals surface area contributed by atoms with E-state index in [0.29, 0.717) is 6.07 Å². The van der Waals surface area contributed by atoms with Gasteiger partial charge in [0.15, 0.2) is 0 Å². The lowest BCUT2D eigenvalue weighted by atomic mass is 10.1. The second-order valence-corrected chi connectivity index (χ2v) is 3.63. The van der Waals surface area contributed by atoms with Crippen LogP contribution in [0, 0.1) is 5.82 Å². The van der Waals surface area contributed by atoms with Gasteiger partial charge in [0.2, 0.25) is 0 Å². The third-order valence-corrected chi connectivity index (χ3v) is 2.38. The molecule has 2 rings (SSSR count). The molecule has 18 heavy (non-hydrogen) atoms. The number of aromatic nitrogens is 1. The molecule has 1 aromatic carbocycles. The first kappa shape index (κ1) is 12.3. The van der Waals surface area contributed by atoms with E-state index in [1.165, 1.54) is 18.3 Å². The van der Waals surface area contributed by atoms with Crippen molar-refractivity contribution in [2.75, 3.05) is 5.73 Å². The molecule has 0 amide bonds. The van der Waals surface area contributed by atoms with Crippen LogP contribution in [0.1, 0.15) is 5.56 Å². The highest BCUT2D eigenvalue weighted by molar-refractivity contribution is 5.72. The summed E-state index contributed by atoms with van der Waals surface area (Å²) in [5.41, 5.74) is 4.84. The fourth-order valence-electron chi connectivity index (χ4n) is 1.55. The molecular formula is C12H8F4N2. The number of benzene rings is 1. The number of pyridine rings is 1. The molecule has 0 bridgehead atoms. The van der Waals surface area contributed by atoms with Gasteiger partial charge in [0, 0.05) is 11.8 Å². The van der Waals surface area contributed by atoms with Crippen molar-refractivity contribution in [3.05, 3.63) is 47.9 Å². The summed E-state index contributed by atoms with van der Waals surface area (Å²) in [6.07, 6.45) is -3.34. The minimum atomic E-state index is -4.75. The van der Waals surface area contributed by atoms with E-state index in [1.54, 1.807) is 6.07 Å². The van der Waals surface area contributed by atoms with Gasteiger partial charge >= 0.3 is 6.18 Å². The molecular weight excluding hydrogens is 248 g/mol. The van der Waals surface area contributed by atoms with Crippen molar-refractivity contribution in [3.63, 3.8) is 0 Å². The number of nitrogens with zero attached hydrogens (tertiary/aromatic N) is 1. The maximum absolute atomic E-state index is 13.1. The Labute approximate surface area is 100 Å². The summed E-state index contributed by atoms with van der Waals surface area (Å²) in [5, 5.41) is 0. The Morgan fingerprint density at radius 2 is 1.83 bits per heavy atom. The van der Waals surface area contributed by atoms with Gasteiger partial charge in [-0.3, -0.25) is 4.98 Å². The van der Waals surface area contributed by atoms with Crippen molar-refractivity contribution in [1.29, 1.82) is 0 Å². The van der Waals surface area contributed by atoms with Gasteiger partial charge in [-0.1, -0.05) is 0 Å². The number of halogens is 4. The van der Waals surface area contributed by atoms with Crippen LogP contribution in [-0.2, 0) is 6.18 Å². The minimum absolute atomic E-state index is 0.127. The van der Waals surface area contributed by atoms with Crippen LogP contribution < -0.4 is 5.73 Å². The van der Waals surface area contributed by atoms with E-state index >= 15 is 0 Å². The van der Waals surface area contributed by atoms with Crippen molar-refractivity contribution < 1.29 is 17.6 Å². The molecule has 1 aromatic heterocycles. The zero-order chi connectivity index (χ0) is 13.3. The highest BCUT2D eigenvalue weighted by Gasteiger charge is 2.34. The largest absolute Gasteiger partial charge is 0.419 e. The molecule has 0 fully saturated rings. The van der Waals surface area contributed by atoms with Gasteiger partial charge in [-0.25, -0.2) is 4.39 Å². The molecule has 94 valence electrons. The summed E-state index contributed by atoms with van der Waals surface area (Å²) in [6.45, 7) is 0. The molecule has 2 nitrogen and oxygen atoms in total. The van der Waals surface area contributed by atoms with E-state index in [-0.39, 0.29) is 16.9 Å². The third kappa shape index (κ3) is 2.27. The van der Waals surface area contributed by atoms with Crippen LogP contribution >= 0.6 is 0 Å². The van der Waals surface area contributed by atoms with Crippen LogP contribution in [-0.4, -0.2) is 4.98 Å². The molecule has 0 atom stereocenters. The lowest BCUT2D eigenvalue weighted by molar-refractivity contribution is -0.139. The Morgan fingerprint density at radius 3 is 2.44 bits per heavy atom. The molecule has 0 saturated heterocycles. The number of hydrogen-bond donors (Lipinski definition) is 1. The molecule has 6 heteroatoms. The first-order valence-corrected chi connectivity index (χ1v) is 4.97. The zero-order valence-corrected chi connectivity index (χ0v) is 9.00. The molecule has 0 spiro atoms. The Hall–Kier alpha value is -2.11. The van der Waals surface area contributed by atoms with Gasteiger partial charge in [0.25, 0.3) is 0 Å². The van der Waals surface area contributed by atoms with Crippen LogP contribution in [0.15, 0.2) is 36.5 Å². The third-order valence-electron chi connectivity index (χ3n) is 2.38. The molecule has 2 N–H and O–H groups in total. The predicted molar refractivity (Wildman–Crippen MR) is 59.0 cm³/mol. The second-order valence-electron chi connectivity index (χ2n) is 3.63. The van der Waals surface area contributed by atoms with Gasteiger partial charge < -0.3 is 5.73 Å². The average molecular weight is 256 g/mol. The quantitative estimate of drug-likeness (QED) is 0.793. The Kier molecular flexibility index (Phi) is 2.94. The fourth-order valence-corrected chi connectivity index (χ4v) is 1.55. The molecule has 1 heterocycles. The van der Waals surface area contributed by atoms with Crippen molar-refractivity contribution >= 4 is 5.69 Å². The maximum Gasteiger partial charge on any atom is 0.419 e. The summed E-state index contributed by atoms with van der Waals surface area (Å²) in [4.78, 5) is 3.89. The maximum atomic E-state index is 13.1. The SMILES string of the molecule is Nc1cccnc1-c1ccc(F)c(C(F)(F)F)c1. The van der Waals surface area contributed by atoms with Crippen molar-refractivity contribution in [3.8, 4) is 11.3 Å². The normalized spacial score (nSPS) is 11.6. The minimum Gasteiger partial charge on any atom is -0.397 e. The summed E-state index contributed by atoms with van der Waals surface area (Å²) < 4.78 is 50.8. The van der Waals surface area contributed by atoms with E-state index in [2.05, 4.69) is 4.98 Å². The topological polar surface area (TPSA) is 38.9 Å². The summed E-state index contributed by atoms with van der Waals surface area (Å²) in [5.74, 6) is -1.32. The first-order valence-electron chi connectivity index (χ1n) is 4.97. The number of rotatable bonds is 1. The molecule has 0 saturated carbocycles. The Bertz CT molecular complexity index is 579. The lowest BCUT2D eigenvalue weighted by Crippen LogP contribution is -2.08. The average Bonchev–Trinajstić information content (AvgIpc) is 2.29. The Morgan fingerprint density at radius 1 is 1.11 bits per heavy atom. The Balaban J connectivity index is 2.58. The van der Waals surface area contributed by atoms with Gasteiger partial charge in [0.1, 0.15) is 5.82 Å². The van der Waals surface area contributed by atoms with Gasteiger partial charge in [-0.05, 0) is 30.3 Å². The number of nitrogen functional groups attached to an aromatic ring is 1. The number of nitrogens with two attached hydrogens (primary N) is 1. The zero-order valence-electron chi connectivity index (χ0n) is 9.00. The lowest BCUT2D eigenvalue weighted by Gasteiger charge is -2.10. The number of alkyl halides is 3. The van der Waals surface area contributed by atoms with Crippen LogP contribution in [0.25, 0.3) is 11.3 Å². The van der Waals surface area contributed by atoms with Gasteiger partial charge in [0.05, 0.1) is 16.9 Å². The fraction of sp³-hybridized carbons (Fsp3) is 0.0833. The van der Waals surface area contributed by atoms with E-state index in [9.17, 15) is 17.6 Å².